The minimum atomic E-state index is -0.829. The van der Waals surface area contributed by atoms with Crippen LogP contribution in [0.5, 0.6) is 0 Å². The third-order valence-corrected chi connectivity index (χ3v) is 7.87. The molecule has 0 aliphatic heterocycles. The summed E-state index contributed by atoms with van der Waals surface area (Å²) in [7, 11) is 0. The fourth-order valence-electron chi connectivity index (χ4n) is 7.10. The number of allylic oxidation sites excluding steroid dienone is 1. The van der Waals surface area contributed by atoms with Crippen molar-refractivity contribution >= 4 is 11.6 Å². The van der Waals surface area contributed by atoms with E-state index in [0.717, 1.165) is 25.7 Å². The Balaban J connectivity index is 1.81. The van der Waals surface area contributed by atoms with E-state index < -0.39 is 5.60 Å². The van der Waals surface area contributed by atoms with Crippen LogP contribution < -0.4 is 0 Å². The normalized spacial score (nSPS) is 52.5. The zero-order valence-corrected chi connectivity index (χ0v) is 14.5. The second kappa shape index (κ2) is 4.56. The molecule has 23 heavy (non-hydrogen) atoms. The first-order valence-electron chi connectivity index (χ1n) is 9.18. The average Bonchev–Trinajstić information content (AvgIpc) is 2.73. The minimum absolute atomic E-state index is 0.0761. The highest BCUT2D eigenvalue weighted by molar-refractivity contribution is 5.91. The van der Waals surface area contributed by atoms with Gasteiger partial charge in [0.05, 0.1) is 5.60 Å². The molecule has 0 saturated heterocycles. The first kappa shape index (κ1) is 15.6. The van der Waals surface area contributed by atoms with Crippen LogP contribution in [0.4, 0.5) is 0 Å². The van der Waals surface area contributed by atoms with Crippen LogP contribution in [0.2, 0.25) is 0 Å². The lowest BCUT2D eigenvalue weighted by Gasteiger charge is -2.62. The fraction of sp³-hybridized carbons (Fsp3) is 0.800. The van der Waals surface area contributed by atoms with Crippen LogP contribution in [0, 0.1) is 28.6 Å². The van der Waals surface area contributed by atoms with Gasteiger partial charge in [-0.15, -0.1) is 0 Å². The molecule has 4 rings (SSSR count). The SMILES string of the molecule is CC1(O)C[C@]2(C)C(=O)CC[C@H]2[C@@H]2CCC3=CC(=O)CC[C@]3(C)[C@@H]21. The smallest absolute Gasteiger partial charge is 0.155 e. The van der Waals surface area contributed by atoms with Crippen LogP contribution in [0.15, 0.2) is 11.6 Å². The van der Waals surface area contributed by atoms with Gasteiger partial charge in [-0.05, 0) is 68.3 Å². The van der Waals surface area contributed by atoms with Crippen LogP contribution >= 0.6 is 0 Å². The van der Waals surface area contributed by atoms with Crippen LogP contribution in [0.3, 0.4) is 0 Å². The van der Waals surface area contributed by atoms with Crippen molar-refractivity contribution in [2.75, 3.05) is 0 Å². The zero-order chi connectivity index (χ0) is 16.6. The second-order valence-electron chi connectivity index (χ2n) is 9.25. The van der Waals surface area contributed by atoms with Gasteiger partial charge in [-0.2, -0.15) is 0 Å². The Morgan fingerprint density at radius 1 is 1.04 bits per heavy atom. The summed E-state index contributed by atoms with van der Waals surface area (Å²) in [5.74, 6) is 1.59. The number of hydrogen-bond donors (Lipinski definition) is 1. The number of ketones is 2. The number of rotatable bonds is 0. The molecule has 4 aliphatic rings. The molecule has 0 heterocycles. The van der Waals surface area contributed by atoms with E-state index in [2.05, 4.69) is 13.8 Å². The van der Waals surface area contributed by atoms with E-state index in [4.69, 9.17) is 0 Å². The maximum atomic E-state index is 12.5. The molecule has 1 N–H and O–H groups in total. The van der Waals surface area contributed by atoms with Crippen molar-refractivity contribution in [2.24, 2.45) is 28.6 Å². The molecule has 0 aromatic rings. The van der Waals surface area contributed by atoms with Crippen molar-refractivity contribution in [1.29, 1.82) is 0 Å². The Morgan fingerprint density at radius 3 is 2.52 bits per heavy atom. The summed E-state index contributed by atoms with van der Waals surface area (Å²) in [5, 5.41) is 11.4. The largest absolute Gasteiger partial charge is 0.390 e. The molecule has 6 atom stereocenters. The average molecular weight is 316 g/mol. The summed E-state index contributed by atoms with van der Waals surface area (Å²) >= 11 is 0. The standard InChI is InChI=1S/C20H28O3/c1-18-9-8-13(21)10-12(18)4-5-14-15-6-7-16(22)19(15,2)11-20(3,23)17(14)18/h10,14-15,17,23H,4-9,11H2,1-3H3/t14-,15-,17+,18-,19-,20?/m0/s1. The molecular weight excluding hydrogens is 288 g/mol. The molecule has 0 spiro atoms. The maximum Gasteiger partial charge on any atom is 0.155 e. The Hall–Kier alpha value is -0.960. The monoisotopic (exact) mass is 316 g/mol. The van der Waals surface area contributed by atoms with E-state index in [-0.39, 0.29) is 22.5 Å². The van der Waals surface area contributed by atoms with Gasteiger partial charge in [-0.25, -0.2) is 0 Å². The van der Waals surface area contributed by atoms with E-state index in [1.54, 1.807) is 0 Å². The van der Waals surface area contributed by atoms with E-state index in [9.17, 15) is 14.7 Å². The minimum Gasteiger partial charge on any atom is -0.390 e. The summed E-state index contributed by atoms with van der Waals surface area (Å²) < 4.78 is 0. The lowest BCUT2D eigenvalue weighted by atomic mass is 9.43. The first-order chi connectivity index (χ1) is 10.7. The maximum absolute atomic E-state index is 12.5. The van der Waals surface area contributed by atoms with Crippen molar-refractivity contribution in [1.82, 2.24) is 0 Å². The van der Waals surface area contributed by atoms with Gasteiger partial charge in [0.2, 0.25) is 0 Å². The molecule has 0 aromatic heterocycles. The van der Waals surface area contributed by atoms with Crippen LogP contribution in [0.25, 0.3) is 0 Å². The quantitative estimate of drug-likeness (QED) is 0.745. The molecular formula is C20H28O3. The van der Waals surface area contributed by atoms with Gasteiger partial charge in [-0.3, -0.25) is 9.59 Å². The Labute approximate surface area is 138 Å². The summed E-state index contributed by atoms with van der Waals surface area (Å²) in [6, 6.07) is 0. The summed E-state index contributed by atoms with van der Waals surface area (Å²) in [4.78, 5) is 24.4. The van der Waals surface area contributed by atoms with Gasteiger partial charge in [0.1, 0.15) is 5.78 Å². The van der Waals surface area contributed by atoms with Gasteiger partial charge >= 0.3 is 0 Å². The van der Waals surface area contributed by atoms with Gasteiger partial charge in [-0.1, -0.05) is 19.4 Å². The molecule has 3 fully saturated rings. The van der Waals surface area contributed by atoms with Gasteiger partial charge in [0, 0.05) is 18.3 Å². The molecule has 4 aliphatic carbocycles. The summed E-state index contributed by atoms with van der Waals surface area (Å²) in [6.45, 7) is 6.30. The predicted octanol–water partition coefficient (Wildman–Crippen LogP) is 3.45. The Bertz CT molecular complexity index is 616. The van der Waals surface area contributed by atoms with Gasteiger partial charge in [0.15, 0.2) is 5.78 Å². The highest BCUT2D eigenvalue weighted by Gasteiger charge is 2.65. The molecule has 3 nitrogen and oxygen atoms in total. The van der Waals surface area contributed by atoms with Crippen LogP contribution in [0.1, 0.15) is 65.7 Å². The molecule has 0 aromatic carbocycles. The number of Topliss-reactive ketones (excluding diaryl/α,β-unsaturated/α-hetero) is 1. The van der Waals surface area contributed by atoms with Crippen molar-refractivity contribution in [2.45, 2.75) is 71.3 Å². The molecule has 0 bridgehead atoms. The topological polar surface area (TPSA) is 54.4 Å². The predicted molar refractivity (Wildman–Crippen MR) is 87.7 cm³/mol. The number of carbonyl (C=O) groups excluding carboxylic acids is 2. The molecule has 3 saturated carbocycles. The number of aliphatic hydroxyl groups is 1. The van der Waals surface area contributed by atoms with Gasteiger partial charge in [0.25, 0.3) is 0 Å². The lowest BCUT2D eigenvalue weighted by molar-refractivity contribution is -0.179. The van der Waals surface area contributed by atoms with Crippen LogP contribution in [-0.2, 0) is 9.59 Å². The molecule has 126 valence electrons. The van der Waals surface area contributed by atoms with E-state index in [1.807, 2.05) is 13.0 Å². The number of hydrogen-bond acceptors (Lipinski definition) is 3. The van der Waals surface area contributed by atoms with Gasteiger partial charge < -0.3 is 5.11 Å². The molecule has 0 amide bonds. The highest BCUT2D eigenvalue weighted by Crippen LogP contribution is 2.66. The second-order valence-corrected chi connectivity index (χ2v) is 9.25. The van der Waals surface area contributed by atoms with Crippen molar-refractivity contribution < 1.29 is 14.7 Å². The van der Waals surface area contributed by atoms with Crippen LogP contribution in [-0.4, -0.2) is 22.3 Å². The van der Waals surface area contributed by atoms with E-state index in [1.165, 1.54) is 5.57 Å². The third kappa shape index (κ3) is 1.92. The van der Waals surface area contributed by atoms with E-state index in [0.29, 0.717) is 36.9 Å². The summed E-state index contributed by atoms with van der Waals surface area (Å²) in [5.41, 5.74) is 0.00752. The summed E-state index contributed by atoms with van der Waals surface area (Å²) in [6.07, 6.45) is 7.54. The lowest BCUT2D eigenvalue weighted by Crippen LogP contribution is -2.61. The zero-order valence-electron chi connectivity index (χ0n) is 14.5. The fourth-order valence-corrected chi connectivity index (χ4v) is 7.10. The van der Waals surface area contributed by atoms with E-state index >= 15 is 0 Å². The Morgan fingerprint density at radius 2 is 1.78 bits per heavy atom. The van der Waals surface area contributed by atoms with Crippen molar-refractivity contribution in [3.63, 3.8) is 0 Å². The van der Waals surface area contributed by atoms with Crippen molar-refractivity contribution in [3.05, 3.63) is 11.6 Å². The third-order valence-electron chi connectivity index (χ3n) is 7.87. The Kier molecular flexibility index (Phi) is 3.09. The molecule has 3 heteroatoms. The molecule has 1 unspecified atom stereocenters. The number of fused-ring (bicyclic) bond motifs is 5. The highest BCUT2D eigenvalue weighted by atomic mass is 16.3. The number of carbonyl (C=O) groups is 2. The molecule has 0 radical (unpaired) electrons. The first-order valence-corrected chi connectivity index (χ1v) is 9.18. The van der Waals surface area contributed by atoms with Crippen molar-refractivity contribution in [3.8, 4) is 0 Å².